The van der Waals surface area contributed by atoms with E-state index in [-0.39, 0.29) is 29.5 Å². The van der Waals surface area contributed by atoms with Crippen molar-refractivity contribution < 1.29 is 17.9 Å². The molecular formula is C19H29N3O4S. The van der Waals surface area contributed by atoms with Crippen molar-refractivity contribution in [3.05, 3.63) is 24.3 Å². The molecule has 2 saturated heterocycles. The van der Waals surface area contributed by atoms with Crippen molar-refractivity contribution in [1.29, 1.82) is 0 Å². The van der Waals surface area contributed by atoms with Gasteiger partial charge >= 0.3 is 0 Å². The van der Waals surface area contributed by atoms with Crippen LogP contribution in [0.5, 0.6) is 5.75 Å². The van der Waals surface area contributed by atoms with Crippen LogP contribution in [0.25, 0.3) is 0 Å². The van der Waals surface area contributed by atoms with E-state index in [1.165, 1.54) is 0 Å². The lowest BCUT2D eigenvalue weighted by Crippen LogP contribution is -2.55. The Morgan fingerprint density at radius 1 is 1.26 bits per heavy atom. The van der Waals surface area contributed by atoms with Gasteiger partial charge < -0.3 is 15.0 Å². The Morgan fingerprint density at radius 3 is 2.59 bits per heavy atom. The minimum atomic E-state index is -2.99. The van der Waals surface area contributed by atoms with Gasteiger partial charge in [0.05, 0.1) is 29.8 Å². The Bertz CT molecular complexity index is 760. The van der Waals surface area contributed by atoms with Gasteiger partial charge in [0.2, 0.25) is 5.91 Å². The highest BCUT2D eigenvalue weighted by Crippen LogP contribution is 2.29. The number of nitrogens with zero attached hydrogens (tertiary/aromatic N) is 2. The number of rotatable bonds is 6. The van der Waals surface area contributed by atoms with Crippen LogP contribution in [0.3, 0.4) is 0 Å². The molecule has 2 atom stereocenters. The highest BCUT2D eigenvalue weighted by Gasteiger charge is 2.32. The number of carbonyl (C=O) groups excluding carboxylic acids is 1. The zero-order valence-electron chi connectivity index (χ0n) is 16.1. The second-order valence-electron chi connectivity index (χ2n) is 7.21. The van der Waals surface area contributed by atoms with Crippen molar-refractivity contribution in [2.24, 2.45) is 0 Å². The van der Waals surface area contributed by atoms with Crippen molar-refractivity contribution in [1.82, 2.24) is 10.2 Å². The fourth-order valence-corrected chi connectivity index (χ4v) is 5.42. The zero-order valence-corrected chi connectivity index (χ0v) is 16.9. The number of carbonyl (C=O) groups is 1. The molecule has 0 radical (unpaired) electrons. The largest absolute Gasteiger partial charge is 0.492 e. The van der Waals surface area contributed by atoms with Crippen LogP contribution in [0.2, 0.25) is 0 Å². The summed E-state index contributed by atoms with van der Waals surface area (Å²) in [6.07, 6.45) is 0.517. The number of sulfone groups is 1. The number of amides is 1. The average molecular weight is 396 g/mol. The van der Waals surface area contributed by atoms with E-state index < -0.39 is 9.84 Å². The minimum Gasteiger partial charge on any atom is -0.492 e. The number of nitrogens with one attached hydrogen (secondary N) is 1. The van der Waals surface area contributed by atoms with E-state index in [9.17, 15) is 13.2 Å². The minimum absolute atomic E-state index is 0.0629. The van der Waals surface area contributed by atoms with Crippen LogP contribution in [-0.4, -0.2) is 75.6 Å². The Labute approximate surface area is 161 Å². The van der Waals surface area contributed by atoms with Crippen LogP contribution in [0, 0.1) is 0 Å². The fraction of sp³-hybridized carbons (Fsp3) is 0.632. The van der Waals surface area contributed by atoms with Crippen LogP contribution in [0.15, 0.2) is 24.3 Å². The van der Waals surface area contributed by atoms with E-state index in [4.69, 9.17) is 4.74 Å². The molecule has 8 heteroatoms. The molecule has 1 N–H and O–H groups in total. The smallest absolute Gasteiger partial charge is 0.237 e. The van der Waals surface area contributed by atoms with Gasteiger partial charge in [0, 0.05) is 32.2 Å². The van der Waals surface area contributed by atoms with Crippen molar-refractivity contribution in [3.8, 4) is 5.75 Å². The number of hydrogen-bond acceptors (Lipinski definition) is 6. The van der Waals surface area contributed by atoms with Crippen molar-refractivity contribution in [2.45, 2.75) is 32.4 Å². The summed E-state index contributed by atoms with van der Waals surface area (Å²) in [6, 6.07) is 7.52. The number of piperazine rings is 1. The first kappa shape index (κ1) is 19.9. The Morgan fingerprint density at radius 2 is 1.96 bits per heavy atom. The summed E-state index contributed by atoms with van der Waals surface area (Å²) in [5.41, 5.74) is 1.09. The molecule has 150 valence electrons. The Balaban J connectivity index is 1.53. The van der Waals surface area contributed by atoms with Crippen LogP contribution in [-0.2, 0) is 14.6 Å². The van der Waals surface area contributed by atoms with E-state index in [2.05, 4.69) is 21.2 Å². The summed E-state index contributed by atoms with van der Waals surface area (Å²) in [6.45, 7) is 7.69. The summed E-state index contributed by atoms with van der Waals surface area (Å²) in [4.78, 5) is 17.0. The van der Waals surface area contributed by atoms with Crippen LogP contribution < -0.4 is 15.0 Å². The molecule has 2 fully saturated rings. The van der Waals surface area contributed by atoms with Crippen LogP contribution in [0.4, 0.5) is 5.69 Å². The van der Waals surface area contributed by atoms with Gasteiger partial charge in [0.15, 0.2) is 9.84 Å². The lowest BCUT2D eigenvalue weighted by atomic mass is 10.1. The summed E-state index contributed by atoms with van der Waals surface area (Å²) < 4.78 is 28.8. The summed E-state index contributed by atoms with van der Waals surface area (Å²) in [5, 5.41) is 2.91. The lowest BCUT2D eigenvalue weighted by molar-refractivity contribution is -0.126. The second-order valence-corrected chi connectivity index (χ2v) is 9.44. The van der Waals surface area contributed by atoms with Gasteiger partial charge in [-0.3, -0.25) is 9.69 Å². The van der Waals surface area contributed by atoms with Crippen molar-refractivity contribution >= 4 is 21.4 Å². The number of anilines is 1. The first-order valence-electron chi connectivity index (χ1n) is 9.61. The first-order valence-corrected chi connectivity index (χ1v) is 11.4. The van der Waals surface area contributed by atoms with Gasteiger partial charge in [-0.25, -0.2) is 8.42 Å². The molecular weight excluding hydrogens is 366 g/mol. The van der Waals surface area contributed by atoms with Crippen molar-refractivity contribution in [3.63, 3.8) is 0 Å². The number of hydrogen-bond donors (Lipinski definition) is 1. The van der Waals surface area contributed by atoms with Crippen LogP contribution in [0.1, 0.15) is 20.3 Å². The standard InChI is InChI=1S/C19H29N3O4S/c1-3-26-18-7-5-4-6-17(18)22-11-9-21(10-12-22)15(2)19(23)20-16-8-13-27(24,25)14-16/h4-7,15-16H,3,8-14H2,1-2H3,(H,20,23)/t15-,16+/m1/s1. The molecule has 0 saturated carbocycles. The third-order valence-electron chi connectivity index (χ3n) is 5.33. The quantitative estimate of drug-likeness (QED) is 0.771. The molecule has 0 bridgehead atoms. The maximum absolute atomic E-state index is 12.5. The van der Waals surface area contributed by atoms with E-state index in [0.717, 1.165) is 37.6 Å². The van der Waals surface area contributed by atoms with Gasteiger partial charge in [-0.15, -0.1) is 0 Å². The molecule has 0 aromatic heterocycles. The summed E-state index contributed by atoms with van der Waals surface area (Å²) >= 11 is 0. The highest BCUT2D eigenvalue weighted by molar-refractivity contribution is 7.91. The van der Waals surface area contributed by atoms with Crippen LogP contribution >= 0.6 is 0 Å². The number of ether oxygens (including phenoxy) is 1. The third-order valence-corrected chi connectivity index (χ3v) is 7.09. The molecule has 3 rings (SSSR count). The van der Waals surface area contributed by atoms with Gasteiger partial charge in [0.25, 0.3) is 0 Å². The van der Waals surface area contributed by atoms with Gasteiger partial charge in [-0.05, 0) is 32.4 Å². The molecule has 0 unspecified atom stereocenters. The molecule has 2 heterocycles. The summed E-state index contributed by atoms with van der Waals surface area (Å²) in [7, 11) is -2.99. The first-order chi connectivity index (χ1) is 12.9. The van der Waals surface area contributed by atoms with E-state index in [1.807, 2.05) is 32.0 Å². The molecule has 1 aromatic carbocycles. The Hall–Kier alpha value is -1.80. The topological polar surface area (TPSA) is 79.0 Å². The van der Waals surface area contributed by atoms with Gasteiger partial charge in [-0.2, -0.15) is 0 Å². The number of benzene rings is 1. The zero-order chi connectivity index (χ0) is 19.4. The molecule has 1 amide bonds. The van der Waals surface area contributed by atoms with E-state index >= 15 is 0 Å². The molecule has 0 spiro atoms. The SMILES string of the molecule is CCOc1ccccc1N1CCN([C@H](C)C(=O)N[C@H]2CCS(=O)(=O)C2)CC1. The molecule has 7 nitrogen and oxygen atoms in total. The molecule has 0 aliphatic carbocycles. The maximum atomic E-state index is 12.5. The number of para-hydroxylation sites is 2. The maximum Gasteiger partial charge on any atom is 0.237 e. The third kappa shape index (κ3) is 4.93. The highest BCUT2D eigenvalue weighted by atomic mass is 32.2. The fourth-order valence-electron chi connectivity index (χ4n) is 3.74. The monoisotopic (exact) mass is 395 g/mol. The van der Waals surface area contributed by atoms with Gasteiger partial charge in [0.1, 0.15) is 5.75 Å². The lowest BCUT2D eigenvalue weighted by Gasteiger charge is -2.39. The predicted octanol–water partition coefficient (Wildman–Crippen LogP) is 0.899. The molecule has 2 aliphatic heterocycles. The van der Waals surface area contributed by atoms with Gasteiger partial charge in [-0.1, -0.05) is 12.1 Å². The average Bonchev–Trinajstić information content (AvgIpc) is 3.00. The molecule has 2 aliphatic rings. The second kappa shape index (κ2) is 8.48. The summed E-state index contributed by atoms with van der Waals surface area (Å²) in [5.74, 6) is 1.04. The van der Waals surface area contributed by atoms with E-state index in [0.29, 0.717) is 13.0 Å². The normalized spacial score (nSPS) is 23.8. The predicted molar refractivity (Wildman–Crippen MR) is 106 cm³/mol. The molecule has 27 heavy (non-hydrogen) atoms. The molecule has 1 aromatic rings. The van der Waals surface area contributed by atoms with E-state index in [1.54, 1.807) is 0 Å². The Kier molecular flexibility index (Phi) is 6.26. The van der Waals surface area contributed by atoms with Crippen molar-refractivity contribution in [2.75, 3.05) is 49.2 Å².